The third-order valence-electron chi connectivity index (χ3n) is 7.28. The fraction of sp³-hybridized carbons (Fsp3) is 0.762. The molecule has 0 N–H and O–H groups in total. The standard InChI is InChI=1S/C21H28O/c1-3-20-19-12-16(19)13-21(20,2)10-9-14-5-4-6-15-11-17(22)7-8-18(14)15/h1,11,14,16,18-20H,4-10,12-13H2,2H3/t14?,16-,18+,19-,20-,21-/m0/s1. The van der Waals surface area contributed by atoms with Crippen LogP contribution in [0, 0.1) is 47.3 Å². The molecule has 0 aromatic heterocycles. The Morgan fingerprint density at radius 3 is 3.05 bits per heavy atom. The van der Waals surface area contributed by atoms with Gasteiger partial charge in [0.25, 0.3) is 0 Å². The van der Waals surface area contributed by atoms with Gasteiger partial charge in [-0.1, -0.05) is 12.5 Å². The van der Waals surface area contributed by atoms with Gasteiger partial charge in [-0.3, -0.25) is 4.79 Å². The van der Waals surface area contributed by atoms with Gasteiger partial charge in [-0.2, -0.15) is 0 Å². The van der Waals surface area contributed by atoms with Gasteiger partial charge in [0.2, 0.25) is 0 Å². The fourth-order valence-electron chi connectivity index (χ4n) is 6.03. The van der Waals surface area contributed by atoms with E-state index in [1.165, 1.54) is 50.5 Å². The normalized spacial score (nSPS) is 46.5. The van der Waals surface area contributed by atoms with E-state index in [1.54, 1.807) is 0 Å². The number of fused-ring (bicyclic) bond motifs is 2. The smallest absolute Gasteiger partial charge is 0.155 e. The Kier molecular flexibility index (Phi) is 3.48. The zero-order chi connectivity index (χ0) is 15.3. The third-order valence-corrected chi connectivity index (χ3v) is 7.28. The Morgan fingerprint density at radius 1 is 1.36 bits per heavy atom. The van der Waals surface area contributed by atoms with E-state index in [0.717, 1.165) is 30.6 Å². The van der Waals surface area contributed by atoms with Crippen molar-refractivity contribution in [2.24, 2.45) is 35.0 Å². The van der Waals surface area contributed by atoms with Crippen molar-refractivity contribution in [2.75, 3.05) is 0 Å². The molecule has 0 saturated heterocycles. The second-order valence-electron chi connectivity index (χ2n) is 8.68. The van der Waals surface area contributed by atoms with Gasteiger partial charge >= 0.3 is 0 Å². The van der Waals surface area contributed by atoms with Crippen LogP contribution in [0.3, 0.4) is 0 Å². The van der Waals surface area contributed by atoms with E-state index in [1.807, 2.05) is 6.08 Å². The van der Waals surface area contributed by atoms with E-state index in [2.05, 4.69) is 12.8 Å². The summed E-state index contributed by atoms with van der Waals surface area (Å²) in [7, 11) is 0. The molecule has 4 aliphatic rings. The van der Waals surface area contributed by atoms with E-state index >= 15 is 0 Å². The molecule has 6 atom stereocenters. The van der Waals surface area contributed by atoms with Gasteiger partial charge in [0.1, 0.15) is 0 Å². The summed E-state index contributed by atoms with van der Waals surface area (Å²) in [5, 5.41) is 0. The molecule has 4 rings (SSSR count). The Hall–Kier alpha value is -1.03. The zero-order valence-electron chi connectivity index (χ0n) is 13.8. The highest BCUT2D eigenvalue weighted by Gasteiger charge is 2.58. The van der Waals surface area contributed by atoms with Crippen LogP contribution in [-0.2, 0) is 4.79 Å². The summed E-state index contributed by atoms with van der Waals surface area (Å²) in [6, 6.07) is 0. The quantitative estimate of drug-likeness (QED) is 0.686. The molecule has 22 heavy (non-hydrogen) atoms. The van der Waals surface area contributed by atoms with E-state index < -0.39 is 0 Å². The maximum absolute atomic E-state index is 11.7. The predicted octanol–water partition coefficient (Wildman–Crippen LogP) is 4.77. The highest BCUT2D eigenvalue weighted by atomic mass is 16.1. The van der Waals surface area contributed by atoms with Crippen LogP contribution < -0.4 is 0 Å². The Labute approximate surface area is 134 Å². The Morgan fingerprint density at radius 2 is 2.23 bits per heavy atom. The number of terminal acetylenes is 1. The van der Waals surface area contributed by atoms with E-state index in [-0.39, 0.29) is 0 Å². The largest absolute Gasteiger partial charge is 0.295 e. The van der Waals surface area contributed by atoms with Gasteiger partial charge in [-0.05, 0) is 86.5 Å². The molecule has 0 bridgehead atoms. The van der Waals surface area contributed by atoms with Crippen molar-refractivity contribution >= 4 is 5.78 Å². The molecule has 1 nitrogen and oxygen atoms in total. The number of hydrogen-bond donors (Lipinski definition) is 0. The van der Waals surface area contributed by atoms with Crippen molar-refractivity contribution in [1.29, 1.82) is 0 Å². The maximum atomic E-state index is 11.7. The van der Waals surface area contributed by atoms with Crippen molar-refractivity contribution < 1.29 is 4.79 Å². The summed E-state index contributed by atoms with van der Waals surface area (Å²) in [4.78, 5) is 11.7. The summed E-state index contributed by atoms with van der Waals surface area (Å²) in [6.07, 6.45) is 18.9. The van der Waals surface area contributed by atoms with Crippen molar-refractivity contribution in [3.63, 3.8) is 0 Å². The van der Waals surface area contributed by atoms with Crippen molar-refractivity contribution in [3.8, 4) is 12.3 Å². The molecular weight excluding hydrogens is 268 g/mol. The number of carbonyl (C=O) groups is 1. The highest BCUT2D eigenvalue weighted by Crippen LogP contribution is 2.65. The van der Waals surface area contributed by atoms with E-state index in [9.17, 15) is 4.79 Å². The van der Waals surface area contributed by atoms with Gasteiger partial charge in [0.05, 0.1) is 0 Å². The van der Waals surface area contributed by atoms with Crippen LogP contribution in [0.25, 0.3) is 0 Å². The lowest BCUT2D eigenvalue weighted by Crippen LogP contribution is -2.29. The highest BCUT2D eigenvalue weighted by molar-refractivity contribution is 5.91. The maximum Gasteiger partial charge on any atom is 0.155 e. The average molecular weight is 296 g/mol. The first-order valence-corrected chi connectivity index (χ1v) is 9.30. The fourth-order valence-corrected chi connectivity index (χ4v) is 6.03. The van der Waals surface area contributed by atoms with Crippen molar-refractivity contribution in [3.05, 3.63) is 11.6 Å². The van der Waals surface area contributed by atoms with Crippen molar-refractivity contribution in [1.82, 2.24) is 0 Å². The summed E-state index contributed by atoms with van der Waals surface area (Å²) >= 11 is 0. The number of carbonyl (C=O) groups excluding carboxylic acids is 1. The molecule has 0 amide bonds. The summed E-state index contributed by atoms with van der Waals surface area (Å²) < 4.78 is 0. The molecule has 4 aliphatic carbocycles. The van der Waals surface area contributed by atoms with E-state index in [4.69, 9.17) is 6.42 Å². The first-order valence-electron chi connectivity index (χ1n) is 9.30. The Bertz CT molecular complexity index is 551. The lowest BCUT2D eigenvalue weighted by Gasteiger charge is -2.39. The lowest BCUT2D eigenvalue weighted by molar-refractivity contribution is -0.115. The number of allylic oxidation sites excluding steroid dienone is 2. The number of hydrogen-bond acceptors (Lipinski definition) is 1. The molecule has 0 heterocycles. The minimum Gasteiger partial charge on any atom is -0.295 e. The molecule has 0 aromatic rings. The van der Waals surface area contributed by atoms with E-state index in [0.29, 0.717) is 23.0 Å². The molecule has 0 aliphatic heterocycles. The predicted molar refractivity (Wildman–Crippen MR) is 89.0 cm³/mol. The summed E-state index contributed by atoms with van der Waals surface area (Å²) in [6.45, 7) is 2.45. The topological polar surface area (TPSA) is 17.1 Å². The van der Waals surface area contributed by atoms with Crippen LogP contribution in [-0.4, -0.2) is 5.78 Å². The first-order chi connectivity index (χ1) is 10.6. The van der Waals surface area contributed by atoms with Gasteiger partial charge in [-0.15, -0.1) is 12.3 Å². The van der Waals surface area contributed by atoms with Gasteiger partial charge < -0.3 is 0 Å². The molecule has 1 heteroatoms. The number of rotatable bonds is 3. The summed E-state index contributed by atoms with van der Waals surface area (Å²) in [5.41, 5.74) is 1.87. The minimum absolute atomic E-state index is 0.363. The van der Waals surface area contributed by atoms with Gasteiger partial charge in [-0.25, -0.2) is 0 Å². The SMILES string of the molecule is C#C[C@H]1[C@H]2C[C@H]2C[C@]1(C)CCC1CCCC2=CC(=O)CC[C@@H]21. The van der Waals surface area contributed by atoms with Crippen LogP contribution in [0.2, 0.25) is 0 Å². The molecular formula is C21H28O. The summed E-state index contributed by atoms with van der Waals surface area (Å²) in [5.74, 6) is 7.34. The monoisotopic (exact) mass is 296 g/mol. The third kappa shape index (κ3) is 2.36. The van der Waals surface area contributed by atoms with Crippen LogP contribution in [0.15, 0.2) is 11.6 Å². The molecule has 0 spiro atoms. The van der Waals surface area contributed by atoms with Crippen LogP contribution in [0.4, 0.5) is 0 Å². The number of ketones is 1. The second-order valence-corrected chi connectivity index (χ2v) is 8.68. The van der Waals surface area contributed by atoms with Crippen LogP contribution in [0.5, 0.6) is 0 Å². The van der Waals surface area contributed by atoms with Crippen molar-refractivity contribution in [2.45, 2.75) is 64.7 Å². The molecule has 0 aromatic carbocycles. The Balaban J connectivity index is 1.42. The average Bonchev–Trinajstić information content (AvgIpc) is 3.17. The molecule has 3 saturated carbocycles. The van der Waals surface area contributed by atoms with Gasteiger partial charge in [0.15, 0.2) is 5.78 Å². The molecule has 0 radical (unpaired) electrons. The molecule has 3 fully saturated rings. The lowest BCUT2D eigenvalue weighted by atomic mass is 9.66. The molecule has 118 valence electrons. The van der Waals surface area contributed by atoms with Crippen LogP contribution >= 0.6 is 0 Å². The zero-order valence-corrected chi connectivity index (χ0v) is 13.8. The second kappa shape index (κ2) is 5.26. The minimum atomic E-state index is 0.363. The van der Waals surface area contributed by atoms with Gasteiger partial charge in [0, 0.05) is 12.3 Å². The first kappa shape index (κ1) is 14.6. The molecule has 1 unspecified atom stereocenters. The van der Waals surface area contributed by atoms with Crippen LogP contribution in [0.1, 0.15) is 64.7 Å².